The molecule has 2 unspecified atom stereocenters. The Kier molecular flexibility index (Phi) is 2.71. The molecule has 1 heterocycles. The van der Waals surface area contributed by atoms with Gasteiger partial charge in [0.15, 0.2) is 0 Å². The van der Waals surface area contributed by atoms with Gasteiger partial charge in [0.2, 0.25) is 0 Å². The summed E-state index contributed by atoms with van der Waals surface area (Å²) in [5.41, 5.74) is 0.797. The van der Waals surface area contributed by atoms with Crippen LogP contribution in [0.5, 0.6) is 5.75 Å². The summed E-state index contributed by atoms with van der Waals surface area (Å²) >= 11 is 3.46. The molecule has 1 saturated carbocycles. The predicted molar refractivity (Wildman–Crippen MR) is 70.1 cm³/mol. The van der Waals surface area contributed by atoms with E-state index in [0.717, 1.165) is 28.6 Å². The minimum atomic E-state index is -0.382. The van der Waals surface area contributed by atoms with Gasteiger partial charge < -0.3 is 9.84 Å². The van der Waals surface area contributed by atoms with Crippen molar-refractivity contribution in [1.82, 2.24) is 0 Å². The zero-order valence-electron chi connectivity index (χ0n) is 9.95. The molecule has 1 aromatic rings. The van der Waals surface area contributed by atoms with Gasteiger partial charge in [-0.25, -0.2) is 0 Å². The van der Waals surface area contributed by atoms with Gasteiger partial charge in [-0.05, 0) is 37.3 Å². The SMILES string of the molecule is CCC1(C2CC2)CC(O)c2ccc(Br)cc2O1. The van der Waals surface area contributed by atoms with E-state index in [4.69, 9.17) is 4.74 Å². The standard InChI is InChI=1S/C14H17BrO2/c1-2-14(9-3-4-9)8-12(16)11-6-5-10(15)7-13(11)17-14/h5-7,9,12,16H,2-4,8H2,1H3. The molecular weight excluding hydrogens is 280 g/mol. The van der Waals surface area contributed by atoms with Crippen molar-refractivity contribution in [2.75, 3.05) is 0 Å². The molecule has 0 spiro atoms. The zero-order chi connectivity index (χ0) is 12.0. The van der Waals surface area contributed by atoms with Crippen LogP contribution in [0, 0.1) is 5.92 Å². The Hall–Kier alpha value is -0.540. The van der Waals surface area contributed by atoms with E-state index in [1.54, 1.807) is 0 Å². The predicted octanol–water partition coefficient (Wildman–Crippen LogP) is 3.82. The molecule has 0 saturated heterocycles. The van der Waals surface area contributed by atoms with Gasteiger partial charge in [0.25, 0.3) is 0 Å². The third kappa shape index (κ3) is 1.89. The van der Waals surface area contributed by atoms with Crippen molar-refractivity contribution in [1.29, 1.82) is 0 Å². The highest BCUT2D eigenvalue weighted by Gasteiger charge is 2.49. The lowest BCUT2D eigenvalue weighted by molar-refractivity contribution is -0.0328. The van der Waals surface area contributed by atoms with Crippen LogP contribution in [0.4, 0.5) is 0 Å². The molecule has 3 heteroatoms. The number of hydrogen-bond acceptors (Lipinski definition) is 2. The third-order valence-corrected chi connectivity index (χ3v) is 4.60. The van der Waals surface area contributed by atoms with Crippen molar-refractivity contribution in [3.8, 4) is 5.75 Å². The van der Waals surface area contributed by atoms with E-state index in [2.05, 4.69) is 22.9 Å². The Balaban J connectivity index is 2.00. The summed E-state index contributed by atoms with van der Waals surface area (Å²) < 4.78 is 7.26. The molecule has 2 atom stereocenters. The van der Waals surface area contributed by atoms with Crippen LogP contribution in [0.1, 0.15) is 44.3 Å². The number of aliphatic hydroxyl groups is 1. The highest BCUT2D eigenvalue weighted by atomic mass is 79.9. The molecule has 0 aromatic heterocycles. The molecule has 1 N–H and O–H groups in total. The Morgan fingerprint density at radius 1 is 1.47 bits per heavy atom. The fourth-order valence-electron chi connectivity index (χ4n) is 2.93. The fourth-order valence-corrected chi connectivity index (χ4v) is 3.27. The number of aliphatic hydroxyl groups excluding tert-OH is 1. The fraction of sp³-hybridized carbons (Fsp3) is 0.571. The average Bonchev–Trinajstić information content (AvgIpc) is 3.12. The van der Waals surface area contributed by atoms with Crippen molar-refractivity contribution >= 4 is 15.9 Å². The Bertz CT molecular complexity index is 442. The number of benzene rings is 1. The van der Waals surface area contributed by atoms with Gasteiger partial charge in [-0.3, -0.25) is 0 Å². The maximum atomic E-state index is 10.3. The Labute approximate surface area is 110 Å². The quantitative estimate of drug-likeness (QED) is 0.899. The Morgan fingerprint density at radius 2 is 2.24 bits per heavy atom. The normalized spacial score (nSPS) is 31.8. The van der Waals surface area contributed by atoms with Crippen molar-refractivity contribution in [2.45, 2.75) is 44.3 Å². The maximum Gasteiger partial charge on any atom is 0.127 e. The molecule has 1 aliphatic heterocycles. The van der Waals surface area contributed by atoms with E-state index in [0.29, 0.717) is 5.92 Å². The summed E-state index contributed by atoms with van der Waals surface area (Å²) in [6, 6.07) is 5.89. The van der Waals surface area contributed by atoms with Gasteiger partial charge in [0.1, 0.15) is 11.4 Å². The zero-order valence-corrected chi connectivity index (χ0v) is 11.5. The maximum absolute atomic E-state index is 10.3. The third-order valence-electron chi connectivity index (χ3n) is 4.11. The van der Waals surface area contributed by atoms with Crippen LogP contribution in [-0.4, -0.2) is 10.7 Å². The molecule has 0 radical (unpaired) electrons. The summed E-state index contributed by atoms with van der Waals surface area (Å²) in [6.45, 7) is 2.16. The van der Waals surface area contributed by atoms with E-state index in [9.17, 15) is 5.11 Å². The van der Waals surface area contributed by atoms with Gasteiger partial charge in [-0.2, -0.15) is 0 Å². The second-order valence-electron chi connectivity index (χ2n) is 5.20. The first-order valence-corrected chi connectivity index (χ1v) is 7.10. The van der Waals surface area contributed by atoms with Crippen LogP contribution in [-0.2, 0) is 0 Å². The molecule has 1 fully saturated rings. The molecule has 17 heavy (non-hydrogen) atoms. The van der Waals surface area contributed by atoms with Gasteiger partial charge in [-0.15, -0.1) is 0 Å². The topological polar surface area (TPSA) is 29.5 Å². The average molecular weight is 297 g/mol. The van der Waals surface area contributed by atoms with Gasteiger partial charge in [0, 0.05) is 16.5 Å². The van der Waals surface area contributed by atoms with E-state index in [1.165, 1.54) is 12.8 Å². The van der Waals surface area contributed by atoms with E-state index in [-0.39, 0.29) is 11.7 Å². The summed E-state index contributed by atoms with van der Waals surface area (Å²) in [7, 11) is 0. The molecule has 0 bridgehead atoms. The molecule has 1 aromatic carbocycles. The number of rotatable bonds is 2. The molecule has 2 nitrogen and oxygen atoms in total. The lowest BCUT2D eigenvalue weighted by atomic mass is 9.83. The smallest absolute Gasteiger partial charge is 0.127 e. The summed E-state index contributed by atoms with van der Waals surface area (Å²) in [6.07, 6.45) is 3.81. The summed E-state index contributed by atoms with van der Waals surface area (Å²) in [5, 5.41) is 10.3. The summed E-state index contributed by atoms with van der Waals surface area (Å²) in [5.74, 6) is 1.49. The first-order valence-electron chi connectivity index (χ1n) is 6.31. The van der Waals surface area contributed by atoms with E-state index < -0.39 is 0 Å². The highest BCUT2D eigenvalue weighted by Crippen LogP contribution is 2.52. The second kappa shape index (κ2) is 3.99. The van der Waals surface area contributed by atoms with Gasteiger partial charge >= 0.3 is 0 Å². The Morgan fingerprint density at radius 3 is 2.88 bits per heavy atom. The largest absolute Gasteiger partial charge is 0.486 e. The molecule has 2 aliphatic rings. The number of hydrogen-bond donors (Lipinski definition) is 1. The van der Waals surface area contributed by atoms with Crippen molar-refractivity contribution < 1.29 is 9.84 Å². The van der Waals surface area contributed by atoms with Crippen LogP contribution in [0.25, 0.3) is 0 Å². The molecule has 3 rings (SSSR count). The van der Waals surface area contributed by atoms with Gasteiger partial charge in [0.05, 0.1) is 6.10 Å². The highest BCUT2D eigenvalue weighted by molar-refractivity contribution is 9.10. The van der Waals surface area contributed by atoms with Crippen molar-refractivity contribution in [2.24, 2.45) is 5.92 Å². The van der Waals surface area contributed by atoms with Crippen molar-refractivity contribution in [3.05, 3.63) is 28.2 Å². The monoisotopic (exact) mass is 296 g/mol. The second-order valence-corrected chi connectivity index (χ2v) is 6.11. The van der Waals surface area contributed by atoms with Gasteiger partial charge in [-0.1, -0.05) is 28.9 Å². The molecule has 92 valence electrons. The minimum Gasteiger partial charge on any atom is -0.486 e. The first-order chi connectivity index (χ1) is 8.14. The van der Waals surface area contributed by atoms with E-state index >= 15 is 0 Å². The van der Waals surface area contributed by atoms with Crippen LogP contribution in [0.2, 0.25) is 0 Å². The number of halogens is 1. The molecule has 0 amide bonds. The van der Waals surface area contributed by atoms with E-state index in [1.807, 2.05) is 18.2 Å². The van der Waals surface area contributed by atoms with Crippen LogP contribution in [0.15, 0.2) is 22.7 Å². The lowest BCUT2D eigenvalue weighted by Crippen LogP contribution is -2.42. The number of ether oxygens (including phenoxy) is 1. The van der Waals surface area contributed by atoms with Crippen LogP contribution >= 0.6 is 15.9 Å². The molecule has 1 aliphatic carbocycles. The van der Waals surface area contributed by atoms with Crippen molar-refractivity contribution in [3.63, 3.8) is 0 Å². The van der Waals surface area contributed by atoms with Crippen LogP contribution < -0.4 is 4.74 Å². The first kappa shape index (κ1) is 11.5. The number of fused-ring (bicyclic) bond motifs is 1. The van der Waals surface area contributed by atoms with Crippen LogP contribution in [0.3, 0.4) is 0 Å². The lowest BCUT2D eigenvalue weighted by Gasteiger charge is -2.41. The summed E-state index contributed by atoms with van der Waals surface area (Å²) in [4.78, 5) is 0. The molecular formula is C14H17BrO2. The minimum absolute atomic E-state index is 0.132.